The minimum absolute atomic E-state index is 0.0293. The van der Waals surface area contributed by atoms with Crippen LogP contribution in [-0.2, 0) is 24.6 Å². The Kier molecular flexibility index (Phi) is 14.5. The quantitative estimate of drug-likeness (QED) is 0.219. The van der Waals surface area contributed by atoms with Crippen LogP contribution in [-0.4, -0.2) is 66.3 Å². The summed E-state index contributed by atoms with van der Waals surface area (Å²) in [5, 5.41) is 17.9. The van der Waals surface area contributed by atoms with E-state index in [1.807, 2.05) is 13.0 Å². The minimum atomic E-state index is -5.08. The van der Waals surface area contributed by atoms with Gasteiger partial charge in [-0.1, -0.05) is 67.6 Å². The van der Waals surface area contributed by atoms with Crippen molar-refractivity contribution >= 4 is 17.8 Å². The summed E-state index contributed by atoms with van der Waals surface area (Å²) < 4.78 is 75.0. The van der Waals surface area contributed by atoms with E-state index in [0.717, 1.165) is 31.9 Å². The highest BCUT2D eigenvalue weighted by Gasteiger charge is 2.44. The topological polar surface area (TPSA) is 117 Å². The van der Waals surface area contributed by atoms with Crippen molar-refractivity contribution in [1.82, 2.24) is 5.32 Å². The molecule has 0 saturated carbocycles. The number of benzene rings is 2. The fourth-order valence-electron chi connectivity index (χ4n) is 3.78. The summed E-state index contributed by atoms with van der Waals surface area (Å²) >= 11 is 0. The number of hydrogen-bond acceptors (Lipinski definition) is 6. The van der Waals surface area contributed by atoms with Gasteiger partial charge >= 0.3 is 24.3 Å². The molecule has 1 unspecified atom stereocenters. The van der Waals surface area contributed by atoms with E-state index in [4.69, 9.17) is 34.3 Å². The number of aliphatic carboxylic acids is 2. The number of amidine groups is 1. The molecule has 42 heavy (non-hydrogen) atoms. The minimum Gasteiger partial charge on any atom is -0.475 e. The smallest absolute Gasteiger partial charge is 0.475 e. The number of hydrogen-bond donors (Lipinski definition) is 3. The van der Waals surface area contributed by atoms with E-state index in [-0.39, 0.29) is 17.7 Å². The lowest BCUT2D eigenvalue weighted by Crippen LogP contribution is -2.37. The van der Waals surface area contributed by atoms with Gasteiger partial charge in [0.05, 0.1) is 6.04 Å². The highest BCUT2D eigenvalue weighted by molar-refractivity contribution is 5.89. The number of carboxylic acids is 2. The summed E-state index contributed by atoms with van der Waals surface area (Å²) in [5.41, 5.74) is 2.07. The normalized spacial score (nSPS) is 18.8. The number of carboxylic acid groups (broad SMARTS) is 2. The van der Waals surface area contributed by atoms with Crippen molar-refractivity contribution in [1.29, 1.82) is 0 Å². The first-order chi connectivity index (χ1) is 19.6. The zero-order valence-corrected chi connectivity index (χ0v) is 23.2. The first-order valence-electron chi connectivity index (χ1n) is 12.8. The molecule has 0 radical (unpaired) electrons. The van der Waals surface area contributed by atoms with Crippen molar-refractivity contribution in [3.8, 4) is 0 Å². The molecule has 8 nitrogen and oxygen atoms in total. The van der Waals surface area contributed by atoms with Crippen LogP contribution >= 0.6 is 0 Å². The van der Waals surface area contributed by atoms with Crippen LogP contribution in [0.25, 0.3) is 0 Å². The van der Waals surface area contributed by atoms with E-state index in [0.29, 0.717) is 6.61 Å². The van der Waals surface area contributed by atoms with E-state index < -0.39 is 24.3 Å². The van der Waals surface area contributed by atoms with Crippen LogP contribution in [0.15, 0.2) is 65.7 Å². The maximum absolute atomic E-state index is 10.6. The summed E-state index contributed by atoms with van der Waals surface area (Å²) in [5.74, 6) is -4.57. The van der Waals surface area contributed by atoms with Gasteiger partial charge in [-0.2, -0.15) is 26.3 Å². The van der Waals surface area contributed by atoms with Crippen molar-refractivity contribution in [3.05, 3.63) is 71.8 Å². The second kappa shape index (κ2) is 16.7. The Morgan fingerprint density at radius 3 is 1.81 bits per heavy atom. The monoisotopic (exact) mass is 608 g/mol. The van der Waals surface area contributed by atoms with Gasteiger partial charge in [0.15, 0.2) is 0 Å². The van der Waals surface area contributed by atoms with Gasteiger partial charge in [0, 0.05) is 19.8 Å². The fraction of sp³-hybridized carbons (Fsp3) is 0.464. The summed E-state index contributed by atoms with van der Waals surface area (Å²) in [6, 6.07) is 21.2. The highest BCUT2D eigenvalue weighted by Crippen LogP contribution is 2.42. The largest absolute Gasteiger partial charge is 0.490 e. The number of nitrogens with one attached hydrogen (secondary N) is 1. The molecule has 0 aliphatic carbocycles. The molecule has 3 atom stereocenters. The lowest BCUT2D eigenvalue weighted by Gasteiger charge is -2.30. The second-order valence-corrected chi connectivity index (χ2v) is 8.92. The van der Waals surface area contributed by atoms with E-state index >= 15 is 0 Å². The molecule has 0 spiro atoms. The van der Waals surface area contributed by atoms with Crippen LogP contribution in [0.3, 0.4) is 0 Å². The van der Waals surface area contributed by atoms with Crippen LogP contribution in [0.4, 0.5) is 26.3 Å². The van der Waals surface area contributed by atoms with E-state index in [1.165, 1.54) is 11.1 Å². The van der Waals surface area contributed by atoms with Crippen LogP contribution in [0, 0.1) is 0 Å². The molecule has 1 aliphatic heterocycles. The highest BCUT2D eigenvalue weighted by atomic mass is 19.4. The van der Waals surface area contributed by atoms with Crippen LogP contribution < -0.4 is 5.32 Å². The van der Waals surface area contributed by atoms with Crippen molar-refractivity contribution < 1.29 is 55.6 Å². The summed E-state index contributed by atoms with van der Waals surface area (Å²) in [4.78, 5) is 23.0. The van der Waals surface area contributed by atoms with E-state index in [9.17, 15) is 26.3 Å². The zero-order valence-electron chi connectivity index (χ0n) is 23.2. The molecular formula is C28H34F6N2O6. The summed E-state index contributed by atoms with van der Waals surface area (Å²) in [6.45, 7) is 8.54. The Labute approximate surface area is 239 Å². The standard InChI is InChI=1S/C24H32N2O2.2C2HF3O2/c1-4-21(28-18-12-17-27-5-2)23-25-22(19-13-8-6-9-14-19)24(3,26-23)20-15-10-7-11-16-20;2*3-2(4,5)1(6)7/h6-11,13-16,21-22H,4-5,12,17-18H2,1-3H3,(H,25,26);2*(H,6,7)/t21?,22-,24+;;/m1../s1. The third-order valence-corrected chi connectivity index (χ3v) is 5.82. The molecule has 3 rings (SSSR count). The molecule has 2 aromatic carbocycles. The van der Waals surface area contributed by atoms with Crippen molar-refractivity contribution in [2.24, 2.45) is 4.99 Å². The fourth-order valence-corrected chi connectivity index (χ4v) is 3.78. The number of alkyl halides is 6. The molecule has 0 fully saturated rings. The van der Waals surface area contributed by atoms with Gasteiger partial charge in [0.2, 0.25) is 0 Å². The Morgan fingerprint density at radius 1 is 0.905 bits per heavy atom. The Morgan fingerprint density at radius 2 is 1.38 bits per heavy atom. The van der Waals surface area contributed by atoms with Gasteiger partial charge in [-0.05, 0) is 37.8 Å². The average molecular weight is 609 g/mol. The van der Waals surface area contributed by atoms with Gasteiger partial charge in [0.1, 0.15) is 17.5 Å². The number of aliphatic imine (C=N–C) groups is 1. The van der Waals surface area contributed by atoms with Crippen LogP contribution in [0.5, 0.6) is 0 Å². The number of rotatable bonds is 10. The third kappa shape index (κ3) is 11.7. The molecule has 0 saturated heterocycles. The molecule has 0 aromatic heterocycles. The molecule has 234 valence electrons. The van der Waals surface area contributed by atoms with Crippen LogP contribution in [0.2, 0.25) is 0 Å². The lowest BCUT2D eigenvalue weighted by molar-refractivity contribution is -0.193. The molecule has 1 aliphatic rings. The summed E-state index contributed by atoms with van der Waals surface area (Å²) in [7, 11) is 0. The van der Waals surface area contributed by atoms with Crippen molar-refractivity contribution in [2.75, 3.05) is 19.8 Å². The van der Waals surface area contributed by atoms with Crippen LogP contribution in [0.1, 0.15) is 50.8 Å². The predicted octanol–water partition coefficient (Wildman–Crippen LogP) is 6.13. The zero-order chi connectivity index (χ0) is 32.0. The number of nitrogens with zero attached hydrogens (tertiary/aromatic N) is 1. The Bertz CT molecular complexity index is 1110. The SMILES string of the molecule is CCOCCCOC(CC)C1=N[C@@](C)(c2ccccc2)[C@@H](c2ccccc2)N1.O=C(O)C(F)(F)F.O=C(O)C(F)(F)F. The van der Waals surface area contributed by atoms with Gasteiger partial charge in [0.25, 0.3) is 0 Å². The van der Waals surface area contributed by atoms with Gasteiger partial charge in [-0.25, -0.2) is 9.59 Å². The predicted molar refractivity (Wildman–Crippen MR) is 142 cm³/mol. The first-order valence-corrected chi connectivity index (χ1v) is 12.8. The second-order valence-electron chi connectivity index (χ2n) is 8.92. The van der Waals surface area contributed by atoms with E-state index in [1.54, 1.807) is 0 Å². The molecule has 1 heterocycles. The Hall–Kier alpha value is -3.65. The van der Waals surface area contributed by atoms with Crippen molar-refractivity contribution in [3.63, 3.8) is 0 Å². The summed E-state index contributed by atoms with van der Waals surface area (Å²) in [6.07, 6.45) is -8.42. The third-order valence-electron chi connectivity index (χ3n) is 5.82. The maximum Gasteiger partial charge on any atom is 0.490 e. The molecule has 0 bridgehead atoms. The molecular weight excluding hydrogens is 574 g/mol. The van der Waals surface area contributed by atoms with Gasteiger partial charge in [-0.15, -0.1) is 0 Å². The Balaban J connectivity index is 0.000000522. The number of halogens is 6. The maximum atomic E-state index is 10.6. The van der Waals surface area contributed by atoms with Gasteiger partial charge < -0.3 is 25.0 Å². The number of carbonyl (C=O) groups is 2. The van der Waals surface area contributed by atoms with Crippen molar-refractivity contribution in [2.45, 2.75) is 63.7 Å². The molecule has 2 aromatic rings. The average Bonchev–Trinajstić information content (AvgIpc) is 3.29. The molecule has 0 amide bonds. The molecule has 14 heteroatoms. The lowest BCUT2D eigenvalue weighted by atomic mass is 9.82. The first kappa shape index (κ1) is 36.4. The number of ether oxygens (including phenoxy) is 2. The molecule has 3 N–H and O–H groups in total. The van der Waals surface area contributed by atoms with Gasteiger partial charge in [-0.3, -0.25) is 4.99 Å². The van der Waals surface area contributed by atoms with E-state index in [2.05, 4.69) is 73.8 Å².